The van der Waals surface area contributed by atoms with Gasteiger partial charge in [-0.3, -0.25) is 8.98 Å². The summed E-state index contributed by atoms with van der Waals surface area (Å²) in [6.07, 6.45) is 0.821. The van der Waals surface area contributed by atoms with Crippen molar-refractivity contribution in [2.45, 2.75) is 64.9 Å². The molecule has 0 aromatic heterocycles. The molecule has 0 heterocycles. The van der Waals surface area contributed by atoms with E-state index in [0.29, 0.717) is 12.3 Å². The molecule has 0 radical (unpaired) electrons. The molecule has 1 atom stereocenters. The number of hydrogen-bond acceptors (Lipinski definition) is 5. The minimum Gasteiger partial charge on any atom is -0.460 e. The fourth-order valence-corrected chi connectivity index (χ4v) is 3.43. The monoisotopic (exact) mass is 370 g/mol. The number of hydrogen-bond donors (Lipinski definition) is 0. The number of carbonyl (C=O) groups is 1. The SMILES string of the molecule is Cc1ccc(S(=O)(=O)OC[C@H](CC(=O)OC(C)(C)C)CC(C)C)cc1. The quantitative estimate of drug-likeness (QED) is 0.509. The lowest BCUT2D eigenvalue weighted by Gasteiger charge is -2.23. The van der Waals surface area contributed by atoms with Gasteiger partial charge in [0, 0.05) is 0 Å². The maximum atomic E-state index is 12.3. The minimum absolute atomic E-state index is 0.0341. The van der Waals surface area contributed by atoms with Crippen molar-refractivity contribution in [3.05, 3.63) is 29.8 Å². The normalized spacial score (nSPS) is 13.7. The summed E-state index contributed by atoms with van der Waals surface area (Å²) in [5, 5.41) is 0. The summed E-state index contributed by atoms with van der Waals surface area (Å²) in [4.78, 5) is 12.2. The Balaban J connectivity index is 2.74. The van der Waals surface area contributed by atoms with Crippen LogP contribution in [0.1, 0.15) is 53.0 Å². The topological polar surface area (TPSA) is 69.7 Å². The second-order valence-electron chi connectivity index (χ2n) is 7.84. The second-order valence-corrected chi connectivity index (χ2v) is 9.45. The lowest BCUT2D eigenvalue weighted by atomic mass is 9.95. The van der Waals surface area contributed by atoms with Crippen LogP contribution < -0.4 is 0 Å². The number of ether oxygens (including phenoxy) is 1. The standard InChI is InChI=1S/C19H30O5S/c1-14(2)11-16(12-18(20)24-19(4,5)6)13-23-25(21,22)17-9-7-15(3)8-10-17/h7-10,14,16H,11-13H2,1-6H3/t16-/m0/s1. The van der Waals surface area contributed by atoms with Gasteiger partial charge in [0.15, 0.2) is 0 Å². The Morgan fingerprint density at radius 1 is 1.12 bits per heavy atom. The Hall–Kier alpha value is -1.40. The van der Waals surface area contributed by atoms with Gasteiger partial charge in [-0.15, -0.1) is 0 Å². The van der Waals surface area contributed by atoms with E-state index < -0.39 is 15.7 Å². The van der Waals surface area contributed by atoms with Crippen LogP contribution in [-0.2, 0) is 23.8 Å². The zero-order valence-corrected chi connectivity index (χ0v) is 16.9. The first-order valence-electron chi connectivity index (χ1n) is 8.57. The van der Waals surface area contributed by atoms with Crippen LogP contribution in [0.4, 0.5) is 0 Å². The maximum Gasteiger partial charge on any atom is 0.306 e. The van der Waals surface area contributed by atoms with E-state index in [2.05, 4.69) is 0 Å². The summed E-state index contributed by atoms with van der Waals surface area (Å²) >= 11 is 0. The first-order valence-corrected chi connectivity index (χ1v) is 9.98. The molecule has 0 aliphatic rings. The first-order chi connectivity index (χ1) is 11.4. The summed E-state index contributed by atoms with van der Waals surface area (Å²) in [7, 11) is -3.83. The van der Waals surface area contributed by atoms with Crippen LogP contribution in [0.15, 0.2) is 29.2 Å². The third-order valence-electron chi connectivity index (χ3n) is 3.45. The molecule has 0 amide bonds. The average Bonchev–Trinajstić information content (AvgIpc) is 2.42. The molecule has 0 aliphatic carbocycles. The van der Waals surface area contributed by atoms with Gasteiger partial charge in [0.25, 0.3) is 10.1 Å². The van der Waals surface area contributed by atoms with Crippen molar-refractivity contribution in [2.24, 2.45) is 11.8 Å². The Kier molecular flexibility index (Phi) is 7.62. The molecule has 0 saturated heterocycles. The maximum absolute atomic E-state index is 12.3. The van der Waals surface area contributed by atoms with Crippen molar-refractivity contribution >= 4 is 16.1 Å². The van der Waals surface area contributed by atoms with E-state index in [-0.39, 0.29) is 29.8 Å². The van der Waals surface area contributed by atoms with E-state index in [4.69, 9.17) is 8.92 Å². The van der Waals surface area contributed by atoms with Crippen LogP contribution in [0, 0.1) is 18.8 Å². The highest BCUT2D eigenvalue weighted by atomic mass is 32.2. The van der Waals surface area contributed by atoms with Gasteiger partial charge in [0.2, 0.25) is 0 Å². The predicted molar refractivity (Wildman–Crippen MR) is 97.7 cm³/mol. The molecule has 0 unspecified atom stereocenters. The van der Waals surface area contributed by atoms with E-state index >= 15 is 0 Å². The van der Waals surface area contributed by atoms with Crippen molar-refractivity contribution in [1.82, 2.24) is 0 Å². The highest BCUT2D eigenvalue weighted by Gasteiger charge is 2.24. The minimum atomic E-state index is -3.83. The average molecular weight is 371 g/mol. The highest BCUT2D eigenvalue weighted by molar-refractivity contribution is 7.86. The number of rotatable bonds is 8. The van der Waals surface area contributed by atoms with Gasteiger partial charge in [0.05, 0.1) is 17.9 Å². The van der Waals surface area contributed by atoms with Crippen LogP contribution in [0.25, 0.3) is 0 Å². The van der Waals surface area contributed by atoms with Gasteiger partial charge in [-0.05, 0) is 58.1 Å². The largest absolute Gasteiger partial charge is 0.460 e. The van der Waals surface area contributed by atoms with E-state index in [1.807, 2.05) is 20.8 Å². The highest BCUT2D eigenvalue weighted by Crippen LogP contribution is 2.21. The number of carbonyl (C=O) groups excluding carboxylic acids is 1. The summed E-state index contributed by atoms with van der Waals surface area (Å²) in [5.41, 5.74) is 0.412. The summed E-state index contributed by atoms with van der Waals surface area (Å²) in [5.74, 6) is -0.234. The zero-order chi connectivity index (χ0) is 19.3. The van der Waals surface area contributed by atoms with Gasteiger partial charge in [-0.2, -0.15) is 8.42 Å². The van der Waals surface area contributed by atoms with Gasteiger partial charge >= 0.3 is 5.97 Å². The van der Waals surface area contributed by atoms with Crippen LogP contribution >= 0.6 is 0 Å². The molecule has 5 nitrogen and oxygen atoms in total. The molecule has 0 aliphatic heterocycles. The molecule has 1 aromatic carbocycles. The molecule has 0 saturated carbocycles. The third kappa shape index (κ3) is 8.50. The fourth-order valence-electron chi connectivity index (χ4n) is 2.45. The van der Waals surface area contributed by atoms with Crippen molar-refractivity contribution in [3.63, 3.8) is 0 Å². The van der Waals surface area contributed by atoms with Crippen molar-refractivity contribution in [2.75, 3.05) is 6.61 Å². The Labute approximate surface area is 151 Å². The lowest BCUT2D eigenvalue weighted by Crippen LogP contribution is -2.27. The predicted octanol–water partition coefficient (Wildman–Crippen LogP) is 4.09. The van der Waals surface area contributed by atoms with E-state index in [9.17, 15) is 13.2 Å². The van der Waals surface area contributed by atoms with E-state index in [1.165, 1.54) is 12.1 Å². The molecular formula is C19H30O5S. The third-order valence-corrected chi connectivity index (χ3v) is 4.74. The van der Waals surface area contributed by atoms with Crippen LogP contribution in [0.2, 0.25) is 0 Å². The Morgan fingerprint density at radius 2 is 1.68 bits per heavy atom. The summed E-state index contributed by atoms with van der Waals surface area (Å²) < 4.78 is 35.2. The molecule has 6 heteroatoms. The van der Waals surface area contributed by atoms with E-state index in [1.54, 1.807) is 32.9 Å². The van der Waals surface area contributed by atoms with E-state index in [0.717, 1.165) is 5.56 Å². The molecule has 1 aromatic rings. The summed E-state index contributed by atoms with van der Waals surface area (Å²) in [6.45, 7) is 11.3. The Morgan fingerprint density at radius 3 is 2.16 bits per heavy atom. The molecule has 0 bridgehead atoms. The number of esters is 1. The van der Waals surface area contributed by atoms with Gasteiger partial charge in [-0.25, -0.2) is 0 Å². The Bertz CT molecular complexity index is 654. The van der Waals surface area contributed by atoms with Crippen molar-refractivity contribution in [1.29, 1.82) is 0 Å². The molecule has 1 rings (SSSR count). The van der Waals surface area contributed by atoms with Gasteiger partial charge in [0.1, 0.15) is 5.60 Å². The number of aryl methyl sites for hydroxylation is 1. The lowest BCUT2D eigenvalue weighted by molar-refractivity contribution is -0.156. The number of benzene rings is 1. The van der Waals surface area contributed by atoms with Gasteiger partial charge < -0.3 is 4.74 Å². The van der Waals surface area contributed by atoms with Crippen molar-refractivity contribution < 1.29 is 22.1 Å². The molecular weight excluding hydrogens is 340 g/mol. The van der Waals surface area contributed by atoms with Crippen LogP contribution in [0.5, 0.6) is 0 Å². The summed E-state index contributed by atoms with van der Waals surface area (Å²) in [6, 6.07) is 6.50. The second kappa shape index (κ2) is 8.81. The smallest absolute Gasteiger partial charge is 0.306 e. The zero-order valence-electron chi connectivity index (χ0n) is 16.0. The molecule has 25 heavy (non-hydrogen) atoms. The van der Waals surface area contributed by atoms with Crippen molar-refractivity contribution in [3.8, 4) is 0 Å². The van der Waals surface area contributed by atoms with Crippen LogP contribution in [0.3, 0.4) is 0 Å². The molecule has 0 fully saturated rings. The van der Waals surface area contributed by atoms with Gasteiger partial charge in [-0.1, -0.05) is 31.5 Å². The first kappa shape index (κ1) is 21.6. The molecule has 0 spiro atoms. The van der Waals surface area contributed by atoms with Crippen LogP contribution in [-0.4, -0.2) is 26.6 Å². The molecule has 142 valence electrons. The molecule has 0 N–H and O–H groups in total. The fraction of sp³-hybridized carbons (Fsp3) is 0.632.